The summed E-state index contributed by atoms with van der Waals surface area (Å²) < 4.78 is 0. The van der Waals surface area contributed by atoms with Crippen LogP contribution in [0.3, 0.4) is 0 Å². The van der Waals surface area contributed by atoms with Crippen LogP contribution in [0.4, 0.5) is 17.1 Å². The van der Waals surface area contributed by atoms with Crippen LogP contribution in [-0.2, 0) is 0 Å². The average Bonchev–Trinajstić information content (AvgIpc) is 3.43. The number of rotatable bonds is 3. The van der Waals surface area contributed by atoms with Crippen LogP contribution in [0.15, 0.2) is 140 Å². The van der Waals surface area contributed by atoms with Crippen LogP contribution < -0.4 is 10.2 Å². The average molecular weight is 524 g/mol. The van der Waals surface area contributed by atoms with Gasteiger partial charge in [0.15, 0.2) is 5.69 Å². The number of anilines is 2. The van der Waals surface area contributed by atoms with Gasteiger partial charge < -0.3 is 10.2 Å². The summed E-state index contributed by atoms with van der Waals surface area (Å²) in [5.74, 6) is 0. The van der Waals surface area contributed by atoms with E-state index >= 15 is 0 Å². The second kappa shape index (κ2) is 9.26. The number of nitrogens with zero attached hydrogens (tertiary/aromatic N) is 2. The van der Waals surface area contributed by atoms with Gasteiger partial charge in [0, 0.05) is 11.8 Å². The minimum Gasteiger partial charge on any atom is -0.359 e. The Hall–Kier alpha value is -5.59. The number of hydrogen-bond donors (Lipinski definition) is 1. The fourth-order valence-electron chi connectivity index (χ4n) is 6.21. The first-order valence-corrected chi connectivity index (χ1v) is 13.8. The molecular weight excluding hydrogens is 498 g/mol. The minimum absolute atomic E-state index is 0.0940. The molecule has 6 aromatic carbocycles. The van der Waals surface area contributed by atoms with Gasteiger partial charge >= 0.3 is 0 Å². The second-order valence-corrected chi connectivity index (χ2v) is 10.6. The van der Waals surface area contributed by atoms with E-state index in [1.54, 1.807) is 0 Å². The zero-order chi connectivity index (χ0) is 27.3. The lowest BCUT2D eigenvalue weighted by molar-refractivity contribution is 0.908. The van der Waals surface area contributed by atoms with Crippen LogP contribution in [0.1, 0.15) is 0 Å². The van der Waals surface area contributed by atoms with Gasteiger partial charge in [0.05, 0.1) is 17.9 Å². The third-order valence-electron chi connectivity index (χ3n) is 8.24. The van der Waals surface area contributed by atoms with Gasteiger partial charge in [0.2, 0.25) is 0 Å². The molecule has 0 saturated heterocycles. The Balaban J connectivity index is 1.32. The van der Waals surface area contributed by atoms with E-state index in [1.165, 1.54) is 49.5 Å². The van der Waals surface area contributed by atoms with Crippen molar-refractivity contribution >= 4 is 38.6 Å². The summed E-state index contributed by atoms with van der Waals surface area (Å²) >= 11 is 0. The van der Waals surface area contributed by atoms with Crippen molar-refractivity contribution in [3.05, 3.63) is 151 Å². The van der Waals surface area contributed by atoms with E-state index < -0.39 is 0 Å². The normalized spacial score (nSPS) is 15.0. The van der Waals surface area contributed by atoms with Gasteiger partial charge in [0.1, 0.15) is 6.17 Å². The van der Waals surface area contributed by atoms with Crippen molar-refractivity contribution in [3.8, 4) is 33.4 Å². The Bertz CT molecular complexity index is 2080. The zero-order valence-corrected chi connectivity index (χ0v) is 22.3. The van der Waals surface area contributed by atoms with Crippen molar-refractivity contribution in [2.24, 2.45) is 0 Å². The molecule has 0 amide bonds. The highest BCUT2D eigenvalue weighted by molar-refractivity contribution is 6.15. The van der Waals surface area contributed by atoms with Crippen LogP contribution in [0.25, 0.3) is 59.8 Å². The van der Waals surface area contributed by atoms with Crippen molar-refractivity contribution in [1.82, 2.24) is 0 Å². The molecule has 0 aromatic heterocycles. The molecule has 0 spiro atoms. The molecule has 3 heteroatoms. The van der Waals surface area contributed by atoms with Crippen LogP contribution in [-0.4, -0.2) is 6.17 Å². The molecule has 2 aliphatic rings. The Morgan fingerprint density at radius 2 is 1.27 bits per heavy atom. The van der Waals surface area contributed by atoms with Gasteiger partial charge in [-0.3, -0.25) is 0 Å². The first-order valence-electron chi connectivity index (χ1n) is 13.8. The molecule has 1 N–H and O–H groups in total. The molecule has 2 aliphatic heterocycles. The van der Waals surface area contributed by atoms with Crippen molar-refractivity contribution < 1.29 is 0 Å². The third kappa shape index (κ3) is 3.81. The van der Waals surface area contributed by atoms with Gasteiger partial charge in [-0.1, -0.05) is 103 Å². The van der Waals surface area contributed by atoms with E-state index in [4.69, 9.17) is 6.57 Å². The van der Waals surface area contributed by atoms with Crippen molar-refractivity contribution in [2.75, 3.05) is 10.2 Å². The maximum Gasteiger partial charge on any atom is 0.187 e. The highest BCUT2D eigenvalue weighted by atomic mass is 15.3. The van der Waals surface area contributed by atoms with Crippen LogP contribution in [0.2, 0.25) is 0 Å². The summed E-state index contributed by atoms with van der Waals surface area (Å²) in [6.45, 7) is 7.22. The molecule has 192 valence electrons. The molecule has 41 heavy (non-hydrogen) atoms. The molecule has 3 nitrogen and oxygen atoms in total. The Labute approximate surface area is 239 Å². The van der Waals surface area contributed by atoms with E-state index in [2.05, 4.69) is 130 Å². The van der Waals surface area contributed by atoms with Crippen LogP contribution in [0.5, 0.6) is 0 Å². The summed E-state index contributed by atoms with van der Waals surface area (Å²) in [7, 11) is 0. The molecule has 1 atom stereocenters. The largest absolute Gasteiger partial charge is 0.359 e. The number of benzene rings is 6. The SMILES string of the molecule is [C-]#[N+]c1ccc(-c2ccc(-c3cc(-c4cc5ccccc5c5ccccc45)c4c(c3)N3C=CC=CC3N4)cc2)cc1. The molecule has 2 heterocycles. The third-order valence-corrected chi connectivity index (χ3v) is 8.24. The molecule has 0 fully saturated rings. The maximum atomic E-state index is 7.22. The van der Waals surface area contributed by atoms with Gasteiger partial charge in [0.25, 0.3) is 0 Å². The lowest BCUT2D eigenvalue weighted by atomic mass is 9.90. The van der Waals surface area contributed by atoms with Crippen molar-refractivity contribution in [2.45, 2.75) is 6.17 Å². The smallest absolute Gasteiger partial charge is 0.187 e. The first-order chi connectivity index (χ1) is 20.3. The first kappa shape index (κ1) is 23.3. The van der Waals surface area contributed by atoms with E-state index in [9.17, 15) is 0 Å². The molecule has 0 bridgehead atoms. The molecule has 8 rings (SSSR count). The van der Waals surface area contributed by atoms with Gasteiger partial charge in [-0.05, 0) is 79.7 Å². The summed E-state index contributed by atoms with van der Waals surface area (Å²) in [5.41, 5.74) is 10.0. The molecule has 0 radical (unpaired) electrons. The number of nitrogens with one attached hydrogen (secondary N) is 1. The van der Waals surface area contributed by atoms with Gasteiger partial charge in [-0.15, -0.1) is 0 Å². The Morgan fingerprint density at radius 1 is 0.610 bits per heavy atom. The Morgan fingerprint density at radius 3 is 2.02 bits per heavy atom. The van der Waals surface area contributed by atoms with E-state index in [1.807, 2.05) is 24.3 Å². The molecule has 0 saturated carbocycles. The Kier molecular flexibility index (Phi) is 5.26. The highest BCUT2D eigenvalue weighted by Gasteiger charge is 2.30. The van der Waals surface area contributed by atoms with E-state index in [0.29, 0.717) is 5.69 Å². The monoisotopic (exact) mass is 523 g/mol. The molecular formula is C38H25N3. The summed E-state index contributed by atoms with van der Waals surface area (Å²) in [4.78, 5) is 5.84. The van der Waals surface area contributed by atoms with Gasteiger partial charge in [-0.25, -0.2) is 4.85 Å². The minimum atomic E-state index is 0.0940. The highest BCUT2D eigenvalue weighted by Crippen LogP contribution is 2.48. The van der Waals surface area contributed by atoms with Crippen molar-refractivity contribution in [3.63, 3.8) is 0 Å². The summed E-state index contributed by atoms with van der Waals surface area (Å²) in [5, 5.41) is 8.83. The van der Waals surface area contributed by atoms with E-state index in [0.717, 1.165) is 16.8 Å². The predicted octanol–water partition coefficient (Wildman–Crippen LogP) is 10.2. The van der Waals surface area contributed by atoms with Crippen LogP contribution >= 0.6 is 0 Å². The lowest BCUT2D eigenvalue weighted by Gasteiger charge is -2.22. The second-order valence-electron chi connectivity index (χ2n) is 10.6. The molecule has 6 aromatic rings. The number of fused-ring (bicyclic) bond motifs is 6. The fraction of sp³-hybridized carbons (Fsp3) is 0.0263. The number of hydrogen-bond acceptors (Lipinski definition) is 2. The lowest BCUT2D eigenvalue weighted by Crippen LogP contribution is -2.30. The summed E-state index contributed by atoms with van der Waals surface area (Å²) in [6.07, 6.45) is 8.66. The van der Waals surface area contributed by atoms with E-state index in [-0.39, 0.29) is 6.17 Å². The van der Waals surface area contributed by atoms with Gasteiger partial charge in [-0.2, -0.15) is 0 Å². The quantitative estimate of drug-likeness (QED) is 0.184. The topological polar surface area (TPSA) is 19.6 Å². The van der Waals surface area contributed by atoms with Crippen molar-refractivity contribution in [1.29, 1.82) is 0 Å². The van der Waals surface area contributed by atoms with Crippen LogP contribution in [0, 0.1) is 6.57 Å². The standard InChI is InChI=1S/C38H25N3/c1-39-30-19-17-26(18-20-30)25-13-15-27(16-14-25)29-23-35(38-36(24-29)41-21-7-6-12-37(41)40-38)34-22-28-8-2-3-9-31(28)32-10-4-5-11-33(32)34/h2-24,37,40H. The zero-order valence-electron chi connectivity index (χ0n) is 22.3. The summed E-state index contributed by atoms with van der Waals surface area (Å²) in [6, 6.07) is 40.9. The fourth-order valence-corrected chi connectivity index (χ4v) is 6.21. The maximum absolute atomic E-state index is 7.22. The molecule has 0 aliphatic carbocycles. The number of allylic oxidation sites excluding steroid dienone is 2. The predicted molar refractivity (Wildman–Crippen MR) is 172 cm³/mol. The molecule has 1 unspecified atom stereocenters.